The van der Waals surface area contributed by atoms with Crippen LogP contribution in [0.3, 0.4) is 0 Å². The Kier molecular flexibility index (Phi) is 5.84. The number of amides is 1. The fourth-order valence-electron chi connectivity index (χ4n) is 3.37. The number of pyridine rings is 1. The Morgan fingerprint density at radius 2 is 1.77 bits per heavy atom. The lowest BCUT2D eigenvalue weighted by molar-refractivity contribution is 0.0958. The van der Waals surface area contributed by atoms with Crippen LogP contribution in [0.4, 0.5) is 0 Å². The molecule has 2 aromatic heterocycles. The van der Waals surface area contributed by atoms with Gasteiger partial charge in [0.25, 0.3) is 5.91 Å². The van der Waals surface area contributed by atoms with Crippen molar-refractivity contribution in [2.24, 2.45) is 7.05 Å². The van der Waals surface area contributed by atoms with Gasteiger partial charge in [0, 0.05) is 38.8 Å². The zero-order valence-corrected chi connectivity index (χ0v) is 17.8. The molecule has 0 aliphatic heterocycles. The second-order valence-electron chi connectivity index (χ2n) is 7.05. The van der Waals surface area contributed by atoms with Crippen molar-refractivity contribution >= 4 is 16.9 Å². The molecular formula is C24H24N4O3. The summed E-state index contributed by atoms with van der Waals surface area (Å²) in [6.07, 6.45) is 2.27. The van der Waals surface area contributed by atoms with Gasteiger partial charge in [-0.3, -0.25) is 9.78 Å². The van der Waals surface area contributed by atoms with Gasteiger partial charge in [-0.2, -0.15) is 0 Å². The van der Waals surface area contributed by atoms with Gasteiger partial charge < -0.3 is 19.4 Å². The molecule has 7 heteroatoms. The van der Waals surface area contributed by atoms with E-state index in [-0.39, 0.29) is 5.91 Å². The smallest absolute Gasteiger partial charge is 0.269 e. The molecule has 0 aliphatic carbocycles. The van der Waals surface area contributed by atoms with E-state index in [0.29, 0.717) is 30.2 Å². The maximum Gasteiger partial charge on any atom is 0.269 e. The number of nitrogens with zero attached hydrogens (tertiary/aromatic N) is 3. The van der Waals surface area contributed by atoms with Gasteiger partial charge >= 0.3 is 0 Å². The number of aromatic nitrogens is 3. The summed E-state index contributed by atoms with van der Waals surface area (Å²) in [6.45, 7) is 2.63. The average molecular weight is 416 g/mol. The topological polar surface area (TPSA) is 78.3 Å². The number of hydrogen-bond acceptors (Lipinski definition) is 5. The predicted molar refractivity (Wildman–Crippen MR) is 119 cm³/mol. The lowest BCUT2D eigenvalue weighted by Crippen LogP contribution is -2.18. The molecule has 7 nitrogen and oxygen atoms in total. The molecule has 0 radical (unpaired) electrons. The molecule has 0 spiro atoms. The van der Waals surface area contributed by atoms with E-state index < -0.39 is 0 Å². The Labute approximate surface area is 180 Å². The van der Waals surface area contributed by atoms with E-state index in [1.54, 1.807) is 25.4 Å². The number of nitrogens with one attached hydrogen (secondary N) is 1. The normalized spacial score (nSPS) is 10.8. The van der Waals surface area contributed by atoms with Crippen molar-refractivity contribution in [1.82, 2.24) is 19.9 Å². The second kappa shape index (κ2) is 8.87. The fraction of sp³-hybridized carbons (Fsp3) is 0.208. The van der Waals surface area contributed by atoms with Crippen molar-refractivity contribution < 1.29 is 14.3 Å². The molecule has 1 N–H and O–H groups in total. The Morgan fingerprint density at radius 3 is 2.52 bits per heavy atom. The number of ether oxygens (including phenoxy) is 2. The van der Waals surface area contributed by atoms with Crippen LogP contribution < -0.4 is 14.8 Å². The van der Waals surface area contributed by atoms with Gasteiger partial charge in [0.1, 0.15) is 28.8 Å². The predicted octanol–water partition coefficient (Wildman–Crippen LogP) is 4.11. The number of fused-ring (bicyclic) bond motifs is 1. The molecule has 0 saturated heterocycles. The first kappa shape index (κ1) is 20.4. The maximum absolute atomic E-state index is 11.8. The van der Waals surface area contributed by atoms with E-state index in [1.807, 2.05) is 44.3 Å². The van der Waals surface area contributed by atoms with Crippen LogP contribution in [-0.4, -0.2) is 34.1 Å². The number of rotatable bonds is 7. The number of carbonyl (C=O) groups is 1. The first-order valence-electron chi connectivity index (χ1n) is 10.1. The summed E-state index contributed by atoms with van der Waals surface area (Å²) in [5.74, 6) is 2.76. The summed E-state index contributed by atoms with van der Waals surface area (Å²) >= 11 is 0. The molecule has 31 heavy (non-hydrogen) atoms. The largest absolute Gasteiger partial charge is 0.494 e. The van der Waals surface area contributed by atoms with Gasteiger partial charge in [0.2, 0.25) is 0 Å². The molecule has 0 saturated carbocycles. The van der Waals surface area contributed by atoms with Crippen LogP contribution in [0.5, 0.6) is 17.2 Å². The van der Waals surface area contributed by atoms with E-state index >= 15 is 0 Å². The number of carbonyl (C=O) groups excluding carboxylic acids is 1. The zero-order chi connectivity index (χ0) is 21.8. The molecule has 0 fully saturated rings. The number of imidazole rings is 1. The Morgan fingerprint density at radius 1 is 1.03 bits per heavy atom. The lowest BCUT2D eigenvalue weighted by atomic mass is 10.1. The average Bonchev–Trinajstić information content (AvgIpc) is 3.09. The van der Waals surface area contributed by atoms with Crippen LogP contribution in [-0.2, 0) is 13.5 Å². The van der Waals surface area contributed by atoms with Crippen molar-refractivity contribution in [2.75, 3.05) is 13.7 Å². The third-order valence-corrected chi connectivity index (χ3v) is 4.97. The van der Waals surface area contributed by atoms with E-state index in [4.69, 9.17) is 14.5 Å². The summed E-state index contributed by atoms with van der Waals surface area (Å²) in [4.78, 5) is 20.6. The number of aryl methyl sites for hydroxylation is 1. The molecular weight excluding hydrogens is 392 g/mol. The van der Waals surface area contributed by atoms with Gasteiger partial charge in [0.15, 0.2) is 0 Å². The molecule has 4 aromatic rings. The minimum absolute atomic E-state index is 0.260. The molecule has 0 atom stereocenters. The molecule has 0 unspecified atom stereocenters. The second-order valence-corrected chi connectivity index (χ2v) is 7.05. The van der Waals surface area contributed by atoms with Gasteiger partial charge in [-0.05, 0) is 42.8 Å². The molecule has 4 rings (SSSR count). The summed E-state index contributed by atoms with van der Waals surface area (Å²) in [7, 11) is 3.58. The lowest BCUT2D eigenvalue weighted by Gasteiger charge is -2.07. The Balaban J connectivity index is 1.55. The van der Waals surface area contributed by atoms with Crippen LogP contribution >= 0.6 is 0 Å². The minimum atomic E-state index is -0.260. The first-order valence-corrected chi connectivity index (χ1v) is 10.1. The molecule has 0 aliphatic rings. The summed E-state index contributed by atoms with van der Waals surface area (Å²) in [5, 5.41) is 2.56. The fourth-order valence-corrected chi connectivity index (χ4v) is 3.37. The van der Waals surface area contributed by atoms with Crippen LogP contribution in [0.1, 0.15) is 28.8 Å². The van der Waals surface area contributed by atoms with Crippen molar-refractivity contribution in [1.29, 1.82) is 0 Å². The molecule has 2 aromatic carbocycles. The van der Waals surface area contributed by atoms with Crippen LogP contribution in [0.15, 0.2) is 60.8 Å². The minimum Gasteiger partial charge on any atom is -0.494 e. The van der Waals surface area contributed by atoms with Crippen molar-refractivity contribution in [2.45, 2.75) is 13.3 Å². The zero-order valence-electron chi connectivity index (χ0n) is 17.8. The standard InChI is InChI=1S/C24H24N4O3/c1-4-30-17-7-5-16(6-8-17)13-23-27-20-14-18(9-10-22(20)28(23)3)31-19-11-12-26-21(15-19)24(29)25-2/h5-12,14-15H,4,13H2,1-3H3,(H,25,29). The van der Waals surface area contributed by atoms with Gasteiger partial charge in [-0.15, -0.1) is 0 Å². The summed E-state index contributed by atoms with van der Waals surface area (Å²) < 4.78 is 13.5. The van der Waals surface area contributed by atoms with Crippen molar-refractivity contribution in [3.63, 3.8) is 0 Å². The number of hydrogen-bond donors (Lipinski definition) is 1. The van der Waals surface area contributed by atoms with Crippen LogP contribution in [0, 0.1) is 0 Å². The Hall–Kier alpha value is -3.87. The molecule has 0 bridgehead atoms. The monoisotopic (exact) mass is 416 g/mol. The summed E-state index contributed by atoms with van der Waals surface area (Å²) in [5.41, 5.74) is 3.34. The highest BCUT2D eigenvalue weighted by atomic mass is 16.5. The SMILES string of the molecule is CCOc1ccc(Cc2nc3cc(Oc4ccnc(C(=O)NC)c4)ccc3n2C)cc1. The highest BCUT2D eigenvalue weighted by Crippen LogP contribution is 2.27. The summed E-state index contributed by atoms with van der Waals surface area (Å²) in [6, 6.07) is 17.2. The third-order valence-electron chi connectivity index (χ3n) is 4.97. The van der Waals surface area contributed by atoms with Gasteiger partial charge in [0.05, 0.1) is 17.6 Å². The number of benzene rings is 2. The third kappa shape index (κ3) is 4.50. The first-order chi connectivity index (χ1) is 15.1. The van der Waals surface area contributed by atoms with Gasteiger partial charge in [-0.25, -0.2) is 4.98 Å². The Bertz CT molecular complexity index is 1220. The van der Waals surface area contributed by atoms with E-state index in [1.165, 1.54) is 0 Å². The maximum atomic E-state index is 11.8. The highest BCUT2D eigenvalue weighted by Gasteiger charge is 2.11. The van der Waals surface area contributed by atoms with Crippen LogP contribution in [0.25, 0.3) is 11.0 Å². The molecule has 2 heterocycles. The van der Waals surface area contributed by atoms with Crippen molar-refractivity contribution in [3.05, 3.63) is 77.9 Å². The quantitative estimate of drug-likeness (QED) is 0.491. The van der Waals surface area contributed by atoms with E-state index in [0.717, 1.165) is 28.2 Å². The van der Waals surface area contributed by atoms with Crippen LogP contribution in [0.2, 0.25) is 0 Å². The molecule has 158 valence electrons. The van der Waals surface area contributed by atoms with Crippen molar-refractivity contribution in [3.8, 4) is 17.2 Å². The van der Waals surface area contributed by atoms with E-state index in [2.05, 4.69) is 27.0 Å². The van der Waals surface area contributed by atoms with Gasteiger partial charge in [-0.1, -0.05) is 12.1 Å². The van der Waals surface area contributed by atoms with E-state index in [9.17, 15) is 4.79 Å². The highest BCUT2D eigenvalue weighted by molar-refractivity contribution is 5.92. The molecule has 1 amide bonds.